The molecule has 2 aromatic rings. The van der Waals surface area contributed by atoms with Gasteiger partial charge in [-0.15, -0.1) is 12.3 Å². The summed E-state index contributed by atoms with van der Waals surface area (Å²) in [6, 6.07) is 11.4. The highest BCUT2D eigenvalue weighted by molar-refractivity contribution is 6.03. The van der Waals surface area contributed by atoms with Crippen molar-refractivity contribution >= 4 is 22.4 Å². The average Bonchev–Trinajstić information content (AvgIpc) is 2.38. The number of carbonyl (C=O) groups excluding carboxylic acids is 1. The highest BCUT2D eigenvalue weighted by Gasteiger charge is 2.09. The molecule has 3 N–H and O–H groups in total. The van der Waals surface area contributed by atoms with Gasteiger partial charge in [0.05, 0.1) is 5.56 Å². The van der Waals surface area contributed by atoms with Crippen molar-refractivity contribution in [3.05, 3.63) is 42.0 Å². The van der Waals surface area contributed by atoms with E-state index in [9.17, 15) is 4.79 Å². The molecule has 0 aromatic heterocycles. The molecule has 0 heterocycles. The van der Waals surface area contributed by atoms with Gasteiger partial charge in [-0.2, -0.15) is 0 Å². The first-order valence-electron chi connectivity index (χ1n) is 5.72. The fourth-order valence-electron chi connectivity index (χ4n) is 1.80. The predicted octanol–water partition coefficient (Wildman–Crippen LogP) is 2.18. The lowest BCUT2D eigenvalue weighted by Crippen LogP contribution is -2.25. The van der Waals surface area contributed by atoms with Crippen molar-refractivity contribution in [2.45, 2.75) is 6.42 Å². The Morgan fingerprint density at radius 2 is 1.94 bits per heavy atom. The van der Waals surface area contributed by atoms with Crippen LogP contribution in [0.3, 0.4) is 0 Å². The maximum Gasteiger partial charge on any atom is 0.253 e. The zero-order valence-corrected chi connectivity index (χ0v) is 9.94. The largest absolute Gasteiger partial charge is 0.398 e. The molecular weight excluding hydrogens is 224 g/mol. The average molecular weight is 238 g/mol. The number of benzene rings is 2. The van der Waals surface area contributed by atoms with Gasteiger partial charge in [-0.25, -0.2) is 0 Å². The molecule has 0 aliphatic carbocycles. The van der Waals surface area contributed by atoms with E-state index in [1.807, 2.05) is 30.3 Å². The molecule has 1 amide bonds. The van der Waals surface area contributed by atoms with Crippen LogP contribution >= 0.6 is 0 Å². The van der Waals surface area contributed by atoms with Crippen LogP contribution in [0.1, 0.15) is 16.8 Å². The number of nitrogen functional groups attached to an aromatic ring is 1. The van der Waals surface area contributed by atoms with Gasteiger partial charge in [0.25, 0.3) is 5.91 Å². The second kappa shape index (κ2) is 5.24. The summed E-state index contributed by atoms with van der Waals surface area (Å²) in [6.07, 6.45) is 5.64. The second-order valence-electron chi connectivity index (χ2n) is 4.00. The van der Waals surface area contributed by atoms with Crippen LogP contribution in [-0.4, -0.2) is 12.5 Å². The van der Waals surface area contributed by atoms with Crippen molar-refractivity contribution in [3.63, 3.8) is 0 Å². The lowest BCUT2D eigenvalue weighted by molar-refractivity contribution is 0.0955. The molecule has 0 saturated carbocycles. The Kier molecular flexibility index (Phi) is 3.49. The molecule has 3 nitrogen and oxygen atoms in total. The van der Waals surface area contributed by atoms with Gasteiger partial charge >= 0.3 is 0 Å². The van der Waals surface area contributed by atoms with Gasteiger partial charge in [0.1, 0.15) is 0 Å². The van der Waals surface area contributed by atoms with E-state index in [1.165, 1.54) is 0 Å². The minimum absolute atomic E-state index is 0.187. The molecule has 0 aliphatic heterocycles. The van der Waals surface area contributed by atoms with Crippen molar-refractivity contribution < 1.29 is 4.79 Å². The standard InChI is InChI=1S/C15H14N2O/c1-2-3-8-17-15(18)13-9-11-6-4-5-7-12(11)10-14(13)16/h1,4-7,9-10H,3,8,16H2,(H,17,18). The van der Waals surface area contributed by atoms with E-state index in [0.717, 1.165) is 10.8 Å². The first kappa shape index (κ1) is 12.0. The van der Waals surface area contributed by atoms with E-state index in [2.05, 4.69) is 11.2 Å². The third-order valence-corrected chi connectivity index (χ3v) is 2.72. The van der Waals surface area contributed by atoms with Crippen LogP contribution in [0.5, 0.6) is 0 Å². The highest BCUT2D eigenvalue weighted by atomic mass is 16.1. The Morgan fingerprint density at radius 1 is 1.28 bits per heavy atom. The van der Waals surface area contributed by atoms with Crippen LogP contribution in [0.15, 0.2) is 36.4 Å². The molecule has 2 rings (SSSR count). The number of anilines is 1. The summed E-state index contributed by atoms with van der Waals surface area (Å²) in [5, 5.41) is 4.76. The summed E-state index contributed by atoms with van der Waals surface area (Å²) in [6.45, 7) is 0.460. The van der Waals surface area contributed by atoms with E-state index >= 15 is 0 Å². The van der Waals surface area contributed by atoms with E-state index in [4.69, 9.17) is 12.2 Å². The lowest BCUT2D eigenvalue weighted by atomic mass is 10.0. The van der Waals surface area contributed by atoms with Gasteiger partial charge in [-0.05, 0) is 22.9 Å². The predicted molar refractivity (Wildman–Crippen MR) is 74.1 cm³/mol. The molecule has 0 aliphatic rings. The van der Waals surface area contributed by atoms with Crippen molar-refractivity contribution in [2.75, 3.05) is 12.3 Å². The monoisotopic (exact) mass is 238 g/mol. The Hall–Kier alpha value is -2.47. The van der Waals surface area contributed by atoms with Crippen molar-refractivity contribution in [1.29, 1.82) is 0 Å². The third-order valence-electron chi connectivity index (χ3n) is 2.72. The smallest absolute Gasteiger partial charge is 0.253 e. The number of nitrogens with two attached hydrogens (primary N) is 1. The molecule has 2 aromatic carbocycles. The number of terminal acetylenes is 1. The van der Waals surface area contributed by atoms with Gasteiger partial charge in [-0.1, -0.05) is 24.3 Å². The zero-order valence-electron chi connectivity index (χ0n) is 9.94. The van der Waals surface area contributed by atoms with E-state index in [0.29, 0.717) is 24.2 Å². The Bertz CT molecular complexity index is 626. The summed E-state index contributed by atoms with van der Waals surface area (Å²) in [5.41, 5.74) is 6.86. The molecule has 0 atom stereocenters. The number of hydrogen-bond donors (Lipinski definition) is 2. The fourth-order valence-corrected chi connectivity index (χ4v) is 1.80. The van der Waals surface area contributed by atoms with Crippen LogP contribution in [0.25, 0.3) is 10.8 Å². The Labute approximate surface area is 106 Å². The summed E-state index contributed by atoms with van der Waals surface area (Å²) < 4.78 is 0. The number of hydrogen-bond acceptors (Lipinski definition) is 2. The van der Waals surface area contributed by atoms with Gasteiger partial charge in [0, 0.05) is 18.7 Å². The molecule has 0 spiro atoms. The molecule has 0 saturated heterocycles. The summed E-state index contributed by atoms with van der Waals surface area (Å²) in [4.78, 5) is 11.9. The Balaban J connectivity index is 2.30. The molecule has 18 heavy (non-hydrogen) atoms. The molecule has 90 valence electrons. The molecule has 0 unspecified atom stereocenters. The van der Waals surface area contributed by atoms with Crippen molar-refractivity contribution in [3.8, 4) is 12.3 Å². The molecular formula is C15H14N2O. The molecule has 0 bridgehead atoms. The van der Waals surface area contributed by atoms with Crippen LogP contribution in [-0.2, 0) is 0 Å². The number of rotatable bonds is 3. The third kappa shape index (κ3) is 2.44. The normalized spacial score (nSPS) is 9.94. The van der Waals surface area contributed by atoms with Crippen LogP contribution in [0.4, 0.5) is 5.69 Å². The van der Waals surface area contributed by atoms with E-state index in [-0.39, 0.29) is 5.91 Å². The SMILES string of the molecule is C#CCCNC(=O)c1cc2ccccc2cc1N. The van der Waals surface area contributed by atoms with Crippen molar-refractivity contribution in [1.82, 2.24) is 5.32 Å². The summed E-state index contributed by atoms with van der Waals surface area (Å²) in [5.74, 6) is 2.29. The Morgan fingerprint density at radius 3 is 2.61 bits per heavy atom. The number of nitrogens with one attached hydrogen (secondary N) is 1. The number of fused-ring (bicyclic) bond motifs is 1. The molecule has 0 fully saturated rings. The fraction of sp³-hybridized carbons (Fsp3) is 0.133. The molecule has 3 heteroatoms. The van der Waals surface area contributed by atoms with E-state index < -0.39 is 0 Å². The first-order chi connectivity index (χ1) is 8.72. The number of carbonyl (C=O) groups is 1. The van der Waals surface area contributed by atoms with E-state index in [1.54, 1.807) is 6.07 Å². The van der Waals surface area contributed by atoms with Crippen LogP contribution < -0.4 is 11.1 Å². The summed E-state index contributed by atoms with van der Waals surface area (Å²) >= 11 is 0. The van der Waals surface area contributed by atoms with Crippen LogP contribution in [0, 0.1) is 12.3 Å². The van der Waals surface area contributed by atoms with Crippen molar-refractivity contribution in [2.24, 2.45) is 0 Å². The minimum Gasteiger partial charge on any atom is -0.398 e. The zero-order chi connectivity index (χ0) is 13.0. The molecule has 0 radical (unpaired) electrons. The topological polar surface area (TPSA) is 55.1 Å². The maximum atomic E-state index is 11.9. The first-order valence-corrected chi connectivity index (χ1v) is 5.72. The minimum atomic E-state index is -0.187. The van der Waals surface area contributed by atoms with Gasteiger partial charge < -0.3 is 11.1 Å². The highest BCUT2D eigenvalue weighted by Crippen LogP contribution is 2.21. The van der Waals surface area contributed by atoms with Gasteiger partial charge in [-0.3, -0.25) is 4.79 Å². The second-order valence-corrected chi connectivity index (χ2v) is 4.00. The maximum absolute atomic E-state index is 11.9. The quantitative estimate of drug-likeness (QED) is 0.489. The number of amides is 1. The van der Waals surface area contributed by atoms with Crippen LogP contribution in [0.2, 0.25) is 0 Å². The van der Waals surface area contributed by atoms with Gasteiger partial charge in [0.2, 0.25) is 0 Å². The summed E-state index contributed by atoms with van der Waals surface area (Å²) in [7, 11) is 0. The lowest BCUT2D eigenvalue weighted by Gasteiger charge is -2.08. The van der Waals surface area contributed by atoms with Gasteiger partial charge in [0.15, 0.2) is 0 Å².